The lowest BCUT2D eigenvalue weighted by Gasteiger charge is -2.30. The number of rotatable bonds is 4. The second kappa shape index (κ2) is 5.72. The molecule has 3 heteroatoms. The Labute approximate surface area is 110 Å². The number of nitrogens with zero attached hydrogens (tertiary/aromatic N) is 1. The molecule has 1 aromatic carbocycles. The number of ether oxygens (including phenoxy) is 1. The molecule has 1 aliphatic heterocycles. The maximum absolute atomic E-state index is 5.34. The molecule has 0 aromatic heterocycles. The van der Waals surface area contributed by atoms with E-state index < -0.39 is 0 Å². The minimum atomic E-state index is 0.490. The lowest BCUT2D eigenvalue weighted by molar-refractivity contribution is 0.223. The van der Waals surface area contributed by atoms with Crippen LogP contribution < -0.4 is 10.1 Å². The highest BCUT2D eigenvalue weighted by atomic mass is 16.5. The van der Waals surface area contributed by atoms with E-state index >= 15 is 0 Å². The maximum atomic E-state index is 5.34. The van der Waals surface area contributed by atoms with Crippen LogP contribution in [0.4, 0.5) is 0 Å². The van der Waals surface area contributed by atoms with E-state index in [4.69, 9.17) is 4.74 Å². The summed E-state index contributed by atoms with van der Waals surface area (Å²) in [6, 6.07) is 7.05. The quantitative estimate of drug-likeness (QED) is 0.884. The molecule has 18 heavy (non-hydrogen) atoms. The van der Waals surface area contributed by atoms with Gasteiger partial charge >= 0.3 is 0 Å². The average molecular weight is 248 g/mol. The topological polar surface area (TPSA) is 24.5 Å². The Morgan fingerprint density at radius 3 is 2.67 bits per heavy atom. The largest absolute Gasteiger partial charge is 0.496 e. The lowest BCUT2D eigenvalue weighted by atomic mass is 9.90. The first-order valence-electron chi connectivity index (χ1n) is 6.65. The molecule has 2 atom stereocenters. The van der Waals surface area contributed by atoms with E-state index in [1.165, 1.54) is 17.5 Å². The van der Waals surface area contributed by atoms with Crippen molar-refractivity contribution >= 4 is 0 Å². The molecule has 1 heterocycles. The van der Waals surface area contributed by atoms with Gasteiger partial charge < -0.3 is 15.0 Å². The molecule has 2 rings (SSSR count). The molecule has 1 saturated heterocycles. The van der Waals surface area contributed by atoms with Gasteiger partial charge in [0.2, 0.25) is 0 Å². The van der Waals surface area contributed by atoms with Gasteiger partial charge in [-0.25, -0.2) is 0 Å². The second-order valence-corrected chi connectivity index (χ2v) is 5.39. The molecule has 3 nitrogen and oxygen atoms in total. The van der Waals surface area contributed by atoms with Crippen LogP contribution in [0.15, 0.2) is 18.2 Å². The molecule has 1 fully saturated rings. The number of methoxy groups -OCH3 is 1. The average Bonchev–Trinajstić information content (AvgIpc) is 2.82. The Bertz CT molecular complexity index is 397. The summed E-state index contributed by atoms with van der Waals surface area (Å²) >= 11 is 0. The van der Waals surface area contributed by atoms with Crippen LogP contribution in [0.2, 0.25) is 0 Å². The van der Waals surface area contributed by atoms with E-state index in [2.05, 4.69) is 49.4 Å². The third-order valence-corrected chi connectivity index (χ3v) is 3.86. The summed E-state index contributed by atoms with van der Waals surface area (Å²) in [4.78, 5) is 2.33. The van der Waals surface area contributed by atoms with Gasteiger partial charge in [0.25, 0.3) is 0 Å². The van der Waals surface area contributed by atoms with Crippen molar-refractivity contribution < 1.29 is 4.74 Å². The van der Waals surface area contributed by atoms with E-state index in [1.807, 2.05) is 0 Å². The number of aryl methyl sites for hydroxylation is 1. The maximum Gasteiger partial charge on any atom is 0.121 e. The van der Waals surface area contributed by atoms with Crippen molar-refractivity contribution in [3.05, 3.63) is 29.3 Å². The second-order valence-electron chi connectivity index (χ2n) is 5.39. The van der Waals surface area contributed by atoms with Gasteiger partial charge in [0, 0.05) is 6.04 Å². The molecule has 100 valence electrons. The van der Waals surface area contributed by atoms with Crippen LogP contribution in [-0.2, 0) is 0 Å². The number of benzene rings is 1. The predicted octanol–water partition coefficient (Wildman–Crippen LogP) is 2.22. The Morgan fingerprint density at radius 1 is 1.39 bits per heavy atom. The molecule has 2 unspecified atom stereocenters. The molecular formula is C15H24N2O. The standard InChI is InChI=1S/C15H24N2O/c1-11-9-12(5-6-14(11)18-4)15(17(2)3)13-7-8-16-10-13/h5-6,9,13,15-16H,7-8,10H2,1-4H3. The summed E-state index contributed by atoms with van der Waals surface area (Å²) in [5.41, 5.74) is 2.61. The minimum Gasteiger partial charge on any atom is -0.496 e. The summed E-state index contributed by atoms with van der Waals surface area (Å²) in [5.74, 6) is 1.67. The zero-order valence-corrected chi connectivity index (χ0v) is 11.9. The fourth-order valence-electron chi connectivity index (χ4n) is 3.02. The number of nitrogens with one attached hydrogen (secondary N) is 1. The molecule has 0 radical (unpaired) electrons. The third kappa shape index (κ3) is 2.68. The van der Waals surface area contributed by atoms with Crippen LogP contribution in [0, 0.1) is 12.8 Å². The van der Waals surface area contributed by atoms with Crippen LogP contribution in [0.1, 0.15) is 23.6 Å². The van der Waals surface area contributed by atoms with Crippen LogP contribution in [-0.4, -0.2) is 39.2 Å². The van der Waals surface area contributed by atoms with Crippen molar-refractivity contribution in [1.29, 1.82) is 0 Å². The zero-order chi connectivity index (χ0) is 13.1. The minimum absolute atomic E-state index is 0.490. The third-order valence-electron chi connectivity index (χ3n) is 3.86. The Morgan fingerprint density at radius 2 is 2.17 bits per heavy atom. The van der Waals surface area contributed by atoms with Gasteiger partial charge in [-0.15, -0.1) is 0 Å². The van der Waals surface area contributed by atoms with E-state index in [0.29, 0.717) is 12.0 Å². The summed E-state index contributed by atoms with van der Waals surface area (Å²) in [7, 11) is 6.07. The molecule has 1 N–H and O–H groups in total. The van der Waals surface area contributed by atoms with Crippen LogP contribution in [0.25, 0.3) is 0 Å². The number of hydrogen-bond acceptors (Lipinski definition) is 3. The van der Waals surface area contributed by atoms with Gasteiger partial charge in [-0.2, -0.15) is 0 Å². The molecule has 1 aromatic rings. The summed E-state index contributed by atoms with van der Waals surface area (Å²) < 4.78 is 5.34. The summed E-state index contributed by atoms with van der Waals surface area (Å²) in [6.45, 7) is 4.38. The van der Waals surface area contributed by atoms with Crippen LogP contribution in [0.5, 0.6) is 5.75 Å². The highest BCUT2D eigenvalue weighted by Gasteiger charge is 2.28. The van der Waals surface area contributed by atoms with Crippen molar-refractivity contribution in [2.45, 2.75) is 19.4 Å². The molecule has 0 amide bonds. The molecule has 0 aliphatic carbocycles. The first-order valence-corrected chi connectivity index (χ1v) is 6.65. The van der Waals surface area contributed by atoms with Gasteiger partial charge in [0.15, 0.2) is 0 Å². The van der Waals surface area contributed by atoms with Crippen LogP contribution in [0.3, 0.4) is 0 Å². The monoisotopic (exact) mass is 248 g/mol. The first kappa shape index (κ1) is 13.4. The highest BCUT2D eigenvalue weighted by Crippen LogP contribution is 2.33. The predicted molar refractivity (Wildman–Crippen MR) is 75.1 cm³/mol. The van der Waals surface area contributed by atoms with Gasteiger partial charge in [-0.05, 0) is 63.6 Å². The molecule has 0 saturated carbocycles. The van der Waals surface area contributed by atoms with Gasteiger partial charge in [-0.3, -0.25) is 0 Å². The number of hydrogen-bond donors (Lipinski definition) is 1. The van der Waals surface area contributed by atoms with Gasteiger partial charge in [-0.1, -0.05) is 12.1 Å². The van der Waals surface area contributed by atoms with Crippen molar-refractivity contribution in [3.8, 4) is 5.75 Å². The van der Waals surface area contributed by atoms with E-state index in [-0.39, 0.29) is 0 Å². The van der Waals surface area contributed by atoms with Crippen molar-refractivity contribution in [2.75, 3.05) is 34.3 Å². The molecular weight excluding hydrogens is 224 g/mol. The summed E-state index contributed by atoms with van der Waals surface area (Å²) in [5, 5.41) is 3.46. The molecule has 0 bridgehead atoms. The van der Waals surface area contributed by atoms with Crippen molar-refractivity contribution in [1.82, 2.24) is 10.2 Å². The Balaban J connectivity index is 2.27. The van der Waals surface area contributed by atoms with E-state index in [9.17, 15) is 0 Å². The molecule has 1 aliphatic rings. The highest BCUT2D eigenvalue weighted by molar-refractivity contribution is 5.37. The fourth-order valence-corrected chi connectivity index (χ4v) is 3.02. The molecule has 0 spiro atoms. The summed E-state index contributed by atoms with van der Waals surface area (Å²) in [6.07, 6.45) is 1.26. The van der Waals surface area contributed by atoms with E-state index in [0.717, 1.165) is 18.8 Å². The Hall–Kier alpha value is -1.06. The van der Waals surface area contributed by atoms with Crippen LogP contribution >= 0.6 is 0 Å². The van der Waals surface area contributed by atoms with Gasteiger partial charge in [0.05, 0.1) is 7.11 Å². The smallest absolute Gasteiger partial charge is 0.121 e. The Kier molecular flexibility index (Phi) is 4.25. The zero-order valence-electron chi connectivity index (χ0n) is 11.9. The van der Waals surface area contributed by atoms with Gasteiger partial charge in [0.1, 0.15) is 5.75 Å². The SMILES string of the molecule is COc1ccc(C(C2CCNC2)N(C)C)cc1C. The van der Waals surface area contributed by atoms with E-state index in [1.54, 1.807) is 7.11 Å². The first-order chi connectivity index (χ1) is 8.63. The fraction of sp³-hybridized carbons (Fsp3) is 0.600. The van der Waals surface area contributed by atoms with Crippen molar-refractivity contribution in [3.63, 3.8) is 0 Å². The van der Waals surface area contributed by atoms with Crippen molar-refractivity contribution in [2.24, 2.45) is 5.92 Å². The lowest BCUT2D eigenvalue weighted by Crippen LogP contribution is -2.28. The normalized spacial score (nSPS) is 21.3.